The van der Waals surface area contributed by atoms with Gasteiger partial charge in [0, 0.05) is 12.6 Å². The molecule has 5 heteroatoms. The average Bonchev–Trinajstić information content (AvgIpc) is 2.32. The Hall–Kier alpha value is -1.10. The van der Waals surface area contributed by atoms with Crippen LogP contribution in [-0.2, 0) is 14.3 Å². The summed E-state index contributed by atoms with van der Waals surface area (Å²) in [5, 5.41) is 11.9. The smallest absolute Gasteiger partial charge is 0.305 e. The van der Waals surface area contributed by atoms with Crippen molar-refractivity contribution in [2.24, 2.45) is 0 Å². The molecule has 5 nitrogen and oxygen atoms in total. The second kappa shape index (κ2) is 6.37. The molecule has 110 valence electrons. The van der Waals surface area contributed by atoms with Crippen LogP contribution in [-0.4, -0.2) is 35.2 Å². The molecule has 0 radical (unpaired) electrons. The SMILES string of the molecule is CCC(CC)(CC(=O)O)NC(=O)CC1(OC)CCC1. The molecule has 1 aliphatic rings. The maximum Gasteiger partial charge on any atom is 0.305 e. The van der Waals surface area contributed by atoms with Gasteiger partial charge in [-0.25, -0.2) is 0 Å². The molecule has 0 unspecified atom stereocenters. The lowest BCUT2D eigenvalue weighted by Crippen LogP contribution is -2.52. The lowest BCUT2D eigenvalue weighted by atomic mass is 9.77. The van der Waals surface area contributed by atoms with E-state index in [2.05, 4.69) is 5.32 Å². The number of aliphatic carboxylic acids is 1. The highest BCUT2D eigenvalue weighted by Crippen LogP contribution is 2.38. The molecule has 0 aliphatic heterocycles. The maximum absolute atomic E-state index is 12.1. The van der Waals surface area contributed by atoms with E-state index < -0.39 is 11.5 Å². The van der Waals surface area contributed by atoms with Crippen molar-refractivity contribution < 1.29 is 19.4 Å². The van der Waals surface area contributed by atoms with Crippen LogP contribution in [0.1, 0.15) is 58.8 Å². The van der Waals surface area contributed by atoms with Gasteiger partial charge in [0.2, 0.25) is 5.91 Å². The number of carboxylic acid groups (broad SMARTS) is 1. The molecular weight excluding hydrogens is 246 g/mol. The largest absolute Gasteiger partial charge is 0.481 e. The molecule has 1 saturated carbocycles. The predicted octanol–water partition coefficient (Wildman–Crippen LogP) is 2.10. The zero-order valence-corrected chi connectivity index (χ0v) is 12.1. The van der Waals surface area contributed by atoms with Gasteiger partial charge < -0.3 is 15.2 Å². The second-order valence-electron chi connectivity index (χ2n) is 5.52. The molecule has 0 aromatic carbocycles. The van der Waals surface area contributed by atoms with Crippen molar-refractivity contribution in [2.75, 3.05) is 7.11 Å². The number of carbonyl (C=O) groups excluding carboxylic acids is 1. The third-order valence-corrected chi connectivity index (χ3v) is 4.43. The summed E-state index contributed by atoms with van der Waals surface area (Å²) in [4.78, 5) is 23.1. The van der Waals surface area contributed by atoms with Crippen LogP contribution < -0.4 is 5.32 Å². The first-order valence-electron chi connectivity index (χ1n) is 6.99. The van der Waals surface area contributed by atoms with Gasteiger partial charge in [-0.2, -0.15) is 0 Å². The van der Waals surface area contributed by atoms with E-state index in [1.54, 1.807) is 7.11 Å². The fourth-order valence-corrected chi connectivity index (χ4v) is 2.67. The molecule has 1 fully saturated rings. The Kier molecular flexibility index (Phi) is 5.35. The van der Waals surface area contributed by atoms with Crippen molar-refractivity contribution in [3.05, 3.63) is 0 Å². The van der Waals surface area contributed by atoms with E-state index in [1.807, 2.05) is 13.8 Å². The van der Waals surface area contributed by atoms with Crippen molar-refractivity contribution in [2.45, 2.75) is 69.9 Å². The number of amides is 1. The van der Waals surface area contributed by atoms with Crippen LogP contribution in [0.5, 0.6) is 0 Å². The molecule has 1 rings (SSSR count). The number of carboxylic acids is 1. The molecule has 0 spiro atoms. The van der Waals surface area contributed by atoms with Gasteiger partial charge in [0.1, 0.15) is 0 Å². The summed E-state index contributed by atoms with van der Waals surface area (Å²) in [6, 6.07) is 0. The fraction of sp³-hybridized carbons (Fsp3) is 0.857. The van der Waals surface area contributed by atoms with Gasteiger partial charge in [0.15, 0.2) is 0 Å². The van der Waals surface area contributed by atoms with Crippen molar-refractivity contribution in [3.8, 4) is 0 Å². The first-order valence-corrected chi connectivity index (χ1v) is 6.99. The first-order chi connectivity index (χ1) is 8.91. The van der Waals surface area contributed by atoms with E-state index in [0.717, 1.165) is 19.3 Å². The van der Waals surface area contributed by atoms with E-state index in [9.17, 15) is 9.59 Å². The summed E-state index contributed by atoms with van der Waals surface area (Å²) >= 11 is 0. The molecule has 1 amide bonds. The van der Waals surface area contributed by atoms with Crippen molar-refractivity contribution in [3.63, 3.8) is 0 Å². The summed E-state index contributed by atoms with van der Waals surface area (Å²) in [5.41, 5.74) is -0.956. The topological polar surface area (TPSA) is 75.6 Å². The Balaban J connectivity index is 2.63. The Morgan fingerprint density at radius 1 is 1.32 bits per heavy atom. The highest BCUT2D eigenvalue weighted by Gasteiger charge is 2.40. The Morgan fingerprint density at radius 2 is 1.89 bits per heavy atom. The lowest BCUT2D eigenvalue weighted by Gasteiger charge is -2.41. The molecule has 19 heavy (non-hydrogen) atoms. The average molecular weight is 271 g/mol. The van der Waals surface area contributed by atoms with Crippen LogP contribution in [0, 0.1) is 0 Å². The monoisotopic (exact) mass is 271 g/mol. The van der Waals surface area contributed by atoms with Gasteiger partial charge >= 0.3 is 5.97 Å². The Labute approximate surface area is 114 Å². The molecular formula is C14H25NO4. The number of nitrogens with one attached hydrogen (secondary N) is 1. The molecule has 2 N–H and O–H groups in total. The summed E-state index contributed by atoms with van der Waals surface area (Å²) in [6.07, 6.45) is 4.41. The van der Waals surface area contributed by atoms with E-state index >= 15 is 0 Å². The third kappa shape index (κ3) is 3.93. The second-order valence-corrected chi connectivity index (χ2v) is 5.52. The summed E-state index contributed by atoms with van der Waals surface area (Å²) < 4.78 is 5.43. The van der Waals surface area contributed by atoms with E-state index in [0.29, 0.717) is 19.3 Å². The van der Waals surface area contributed by atoms with Crippen LogP contribution in [0.3, 0.4) is 0 Å². The third-order valence-electron chi connectivity index (χ3n) is 4.43. The summed E-state index contributed by atoms with van der Waals surface area (Å²) in [5.74, 6) is -0.986. The summed E-state index contributed by atoms with van der Waals surface area (Å²) in [6.45, 7) is 3.81. The molecule has 0 atom stereocenters. The van der Waals surface area contributed by atoms with Gasteiger partial charge in [0.25, 0.3) is 0 Å². The Morgan fingerprint density at radius 3 is 2.21 bits per heavy atom. The standard InChI is InChI=1S/C14H25NO4/c1-4-13(5-2,10-12(17)18)15-11(16)9-14(19-3)7-6-8-14/h4-10H2,1-3H3,(H,15,16)(H,17,18). The molecule has 0 aromatic rings. The zero-order chi connectivity index (χ0) is 14.5. The van der Waals surface area contributed by atoms with Gasteiger partial charge in [0.05, 0.1) is 18.4 Å². The number of hydrogen-bond donors (Lipinski definition) is 2. The number of methoxy groups -OCH3 is 1. The highest BCUT2D eigenvalue weighted by atomic mass is 16.5. The van der Waals surface area contributed by atoms with Crippen LogP contribution >= 0.6 is 0 Å². The van der Waals surface area contributed by atoms with Crippen LogP contribution in [0.25, 0.3) is 0 Å². The highest BCUT2D eigenvalue weighted by molar-refractivity contribution is 5.79. The molecule has 0 saturated heterocycles. The van der Waals surface area contributed by atoms with Gasteiger partial charge in [-0.1, -0.05) is 13.8 Å². The van der Waals surface area contributed by atoms with Crippen molar-refractivity contribution >= 4 is 11.9 Å². The minimum absolute atomic E-state index is 0.0360. The van der Waals surface area contributed by atoms with Gasteiger partial charge in [-0.3, -0.25) is 9.59 Å². The molecule has 0 bridgehead atoms. The normalized spacial score (nSPS) is 17.6. The quantitative estimate of drug-likeness (QED) is 0.709. The fourth-order valence-electron chi connectivity index (χ4n) is 2.67. The number of hydrogen-bond acceptors (Lipinski definition) is 3. The minimum Gasteiger partial charge on any atom is -0.481 e. The Bertz CT molecular complexity index is 327. The van der Waals surface area contributed by atoms with Gasteiger partial charge in [-0.05, 0) is 32.1 Å². The van der Waals surface area contributed by atoms with Crippen LogP contribution in [0.4, 0.5) is 0 Å². The zero-order valence-electron chi connectivity index (χ0n) is 12.1. The predicted molar refractivity (Wildman–Crippen MR) is 71.9 cm³/mol. The van der Waals surface area contributed by atoms with E-state index in [4.69, 9.17) is 9.84 Å². The molecule has 0 aromatic heterocycles. The van der Waals surface area contributed by atoms with Gasteiger partial charge in [-0.15, -0.1) is 0 Å². The number of rotatable bonds is 8. The number of carbonyl (C=O) groups is 2. The lowest BCUT2D eigenvalue weighted by molar-refractivity contribution is -0.140. The minimum atomic E-state index is -0.880. The van der Waals surface area contributed by atoms with Crippen molar-refractivity contribution in [1.29, 1.82) is 0 Å². The first kappa shape index (κ1) is 16.0. The van der Waals surface area contributed by atoms with Crippen LogP contribution in [0.15, 0.2) is 0 Å². The van der Waals surface area contributed by atoms with E-state index in [1.165, 1.54) is 0 Å². The van der Waals surface area contributed by atoms with Crippen LogP contribution in [0.2, 0.25) is 0 Å². The summed E-state index contributed by atoms with van der Waals surface area (Å²) in [7, 11) is 1.64. The van der Waals surface area contributed by atoms with Crippen molar-refractivity contribution in [1.82, 2.24) is 5.32 Å². The molecule has 1 aliphatic carbocycles. The molecule has 0 heterocycles. The maximum atomic E-state index is 12.1. The number of ether oxygens (including phenoxy) is 1. The van der Waals surface area contributed by atoms with E-state index in [-0.39, 0.29) is 17.9 Å².